The molecular formula is C12H24O2. The predicted octanol–water partition coefficient (Wildman–Crippen LogP) is 3.01. The molecule has 0 heterocycles. The fraction of sp³-hybridized carbons (Fsp3) is 1.00. The highest BCUT2D eigenvalue weighted by atomic mass is 16.5. The van der Waals surface area contributed by atoms with Crippen molar-refractivity contribution in [3.63, 3.8) is 0 Å². The van der Waals surface area contributed by atoms with E-state index in [1.807, 2.05) is 7.11 Å². The Balaban J connectivity index is 2.16. The summed E-state index contributed by atoms with van der Waals surface area (Å²) in [5.41, 5.74) is 0. The van der Waals surface area contributed by atoms with Crippen LogP contribution in [0.2, 0.25) is 0 Å². The van der Waals surface area contributed by atoms with E-state index in [4.69, 9.17) is 9.47 Å². The fourth-order valence-electron chi connectivity index (χ4n) is 2.38. The molecule has 0 aliphatic heterocycles. The summed E-state index contributed by atoms with van der Waals surface area (Å²) in [4.78, 5) is 0. The minimum Gasteiger partial charge on any atom is -0.385 e. The lowest BCUT2D eigenvalue weighted by molar-refractivity contribution is 0.0448. The number of ether oxygens (including phenoxy) is 2. The first-order valence-electron chi connectivity index (χ1n) is 5.88. The van der Waals surface area contributed by atoms with Gasteiger partial charge in [-0.05, 0) is 18.8 Å². The molecule has 14 heavy (non-hydrogen) atoms. The molecule has 1 fully saturated rings. The van der Waals surface area contributed by atoms with Crippen molar-refractivity contribution in [1.29, 1.82) is 0 Å². The third kappa shape index (κ3) is 4.43. The Morgan fingerprint density at radius 3 is 2.43 bits per heavy atom. The van der Waals surface area contributed by atoms with Gasteiger partial charge in [-0.3, -0.25) is 0 Å². The van der Waals surface area contributed by atoms with Gasteiger partial charge in [-0.2, -0.15) is 0 Å². The van der Waals surface area contributed by atoms with Gasteiger partial charge in [-0.15, -0.1) is 0 Å². The fourth-order valence-corrected chi connectivity index (χ4v) is 2.38. The van der Waals surface area contributed by atoms with Crippen LogP contribution >= 0.6 is 0 Å². The van der Waals surface area contributed by atoms with Crippen LogP contribution in [0, 0.1) is 5.92 Å². The first kappa shape index (κ1) is 12.0. The third-order valence-corrected chi connectivity index (χ3v) is 3.30. The van der Waals surface area contributed by atoms with Crippen LogP contribution in [-0.4, -0.2) is 26.9 Å². The van der Waals surface area contributed by atoms with Crippen LogP contribution in [0.25, 0.3) is 0 Å². The summed E-state index contributed by atoms with van der Waals surface area (Å²) < 4.78 is 10.6. The molecule has 2 nitrogen and oxygen atoms in total. The normalized spacial score (nSPS) is 21.0. The van der Waals surface area contributed by atoms with Crippen molar-refractivity contribution in [2.45, 2.75) is 51.0 Å². The molecule has 0 spiro atoms. The molecular weight excluding hydrogens is 176 g/mol. The topological polar surface area (TPSA) is 18.5 Å². The van der Waals surface area contributed by atoms with Crippen LogP contribution in [-0.2, 0) is 9.47 Å². The molecule has 0 saturated heterocycles. The van der Waals surface area contributed by atoms with Crippen LogP contribution in [0.3, 0.4) is 0 Å². The second-order valence-electron chi connectivity index (χ2n) is 4.38. The van der Waals surface area contributed by atoms with Gasteiger partial charge in [-0.1, -0.05) is 32.1 Å². The van der Waals surface area contributed by atoms with Crippen LogP contribution in [0.4, 0.5) is 0 Å². The average Bonchev–Trinajstić information content (AvgIpc) is 2.25. The molecule has 0 aromatic heterocycles. The Labute approximate surface area is 88.0 Å². The summed E-state index contributed by atoms with van der Waals surface area (Å²) >= 11 is 0. The monoisotopic (exact) mass is 200 g/mol. The van der Waals surface area contributed by atoms with Crippen molar-refractivity contribution in [2.24, 2.45) is 5.92 Å². The lowest BCUT2D eigenvalue weighted by atomic mass is 9.85. The maximum atomic E-state index is 5.48. The van der Waals surface area contributed by atoms with E-state index >= 15 is 0 Å². The van der Waals surface area contributed by atoms with Crippen LogP contribution in [0.1, 0.15) is 44.9 Å². The standard InChI is InChI=1S/C12H24O2/c1-13-9-8-12(14-2)10-11-6-4-3-5-7-11/h11-12H,3-10H2,1-2H3. The Morgan fingerprint density at radius 2 is 1.86 bits per heavy atom. The zero-order valence-corrected chi connectivity index (χ0v) is 9.63. The van der Waals surface area contributed by atoms with Crippen molar-refractivity contribution >= 4 is 0 Å². The predicted molar refractivity (Wildman–Crippen MR) is 58.5 cm³/mol. The maximum absolute atomic E-state index is 5.48. The van der Waals surface area contributed by atoms with Gasteiger partial charge in [0.2, 0.25) is 0 Å². The Bertz CT molecular complexity index is 130. The summed E-state index contributed by atoms with van der Waals surface area (Å²) in [5, 5.41) is 0. The number of methoxy groups -OCH3 is 2. The van der Waals surface area contributed by atoms with Crippen molar-refractivity contribution in [3.8, 4) is 0 Å². The average molecular weight is 200 g/mol. The van der Waals surface area contributed by atoms with Gasteiger partial charge < -0.3 is 9.47 Å². The van der Waals surface area contributed by atoms with Gasteiger partial charge in [-0.25, -0.2) is 0 Å². The van der Waals surface area contributed by atoms with Crippen molar-refractivity contribution in [1.82, 2.24) is 0 Å². The quantitative estimate of drug-likeness (QED) is 0.656. The van der Waals surface area contributed by atoms with Gasteiger partial charge in [0.15, 0.2) is 0 Å². The number of rotatable bonds is 6. The van der Waals surface area contributed by atoms with E-state index in [0.29, 0.717) is 6.10 Å². The van der Waals surface area contributed by atoms with Crippen LogP contribution in [0.15, 0.2) is 0 Å². The van der Waals surface area contributed by atoms with Gasteiger partial charge >= 0.3 is 0 Å². The molecule has 0 radical (unpaired) electrons. The summed E-state index contributed by atoms with van der Waals surface area (Å²) in [6, 6.07) is 0. The Kier molecular flexibility index (Phi) is 6.20. The molecule has 1 aliphatic rings. The molecule has 0 amide bonds. The van der Waals surface area contributed by atoms with E-state index in [0.717, 1.165) is 18.9 Å². The van der Waals surface area contributed by atoms with Gasteiger partial charge in [0, 0.05) is 20.8 Å². The molecule has 2 heteroatoms. The molecule has 1 rings (SSSR count). The molecule has 0 aromatic carbocycles. The second-order valence-corrected chi connectivity index (χ2v) is 4.38. The van der Waals surface area contributed by atoms with E-state index in [1.54, 1.807) is 7.11 Å². The lowest BCUT2D eigenvalue weighted by Crippen LogP contribution is -2.19. The minimum atomic E-state index is 0.415. The Morgan fingerprint density at radius 1 is 1.14 bits per heavy atom. The van der Waals surface area contributed by atoms with E-state index in [-0.39, 0.29) is 0 Å². The highest BCUT2D eigenvalue weighted by molar-refractivity contribution is 4.70. The summed E-state index contributed by atoms with van der Waals surface area (Å²) in [6.45, 7) is 0.825. The molecule has 84 valence electrons. The third-order valence-electron chi connectivity index (χ3n) is 3.30. The lowest BCUT2D eigenvalue weighted by Gasteiger charge is -2.25. The minimum absolute atomic E-state index is 0.415. The summed E-state index contributed by atoms with van der Waals surface area (Å²) in [7, 11) is 3.58. The highest BCUT2D eigenvalue weighted by Gasteiger charge is 2.18. The summed E-state index contributed by atoms with van der Waals surface area (Å²) in [6.07, 6.45) is 9.80. The van der Waals surface area contributed by atoms with Crippen molar-refractivity contribution in [2.75, 3.05) is 20.8 Å². The van der Waals surface area contributed by atoms with Crippen LogP contribution < -0.4 is 0 Å². The summed E-state index contributed by atoms with van der Waals surface area (Å²) in [5.74, 6) is 0.908. The van der Waals surface area contributed by atoms with Crippen molar-refractivity contribution in [3.05, 3.63) is 0 Å². The first-order valence-corrected chi connectivity index (χ1v) is 5.88. The first-order chi connectivity index (χ1) is 6.86. The smallest absolute Gasteiger partial charge is 0.0596 e. The van der Waals surface area contributed by atoms with Gasteiger partial charge in [0.05, 0.1) is 6.10 Å². The zero-order chi connectivity index (χ0) is 10.2. The molecule has 0 N–H and O–H groups in total. The zero-order valence-electron chi connectivity index (χ0n) is 9.63. The number of hydrogen-bond acceptors (Lipinski definition) is 2. The molecule has 1 saturated carbocycles. The molecule has 0 aromatic rings. The van der Waals surface area contributed by atoms with Gasteiger partial charge in [0.25, 0.3) is 0 Å². The molecule has 1 atom stereocenters. The van der Waals surface area contributed by atoms with E-state index in [2.05, 4.69) is 0 Å². The van der Waals surface area contributed by atoms with Crippen molar-refractivity contribution < 1.29 is 9.47 Å². The number of hydrogen-bond donors (Lipinski definition) is 0. The molecule has 1 aliphatic carbocycles. The van der Waals surface area contributed by atoms with E-state index in [9.17, 15) is 0 Å². The van der Waals surface area contributed by atoms with E-state index < -0.39 is 0 Å². The molecule has 0 bridgehead atoms. The highest BCUT2D eigenvalue weighted by Crippen LogP contribution is 2.28. The van der Waals surface area contributed by atoms with Gasteiger partial charge in [0.1, 0.15) is 0 Å². The SMILES string of the molecule is COCCC(CC1CCCCC1)OC. The molecule has 1 unspecified atom stereocenters. The second kappa shape index (κ2) is 7.24. The Hall–Kier alpha value is -0.0800. The van der Waals surface area contributed by atoms with Crippen LogP contribution in [0.5, 0.6) is 0 Å². The van der Waals surface area contributed by atoms with E-state index in [1.165, 1.54) is 38.5 Å². The largest absolute Gasteiger partial charge is 0.385 e. The maximum Gasteiger partial charge on any atom is 0.0596 e.